The van der Waals surface area contributed by atoms with Gasteiger partial charge in [-0.3, -0.25) is 9.59 Å². The lowest BCUT2D eigenvalue weighted by Gasteiger charge is -2.29. The lowest BCUT2D eigenvalue weighted by molar-refractivity contribution is -0.275. The Morgan fingerprint density at radius 1 is 1.10 bits per heavy atom. The van der Waals surface area contributed by atoms with Gasteiger partial charge in [0.2, 0.25) is 11.8 Å². The van der Waals surface area contributed by atoms with Gasteiger partial charge in [0.05, 0.1) is 12.2 Å². The van der Waals surface area contributed by atoms with Gasteiger partial charge in [-0.25, -0.2) is 0 Å². The van der Waals surface area contributed by atoms with Gasteiger partial charge < -0.3 is 19.3 Å². The Bertz CT molecular complexity index is 917. The molecule has 0 spiro atoms. The minimum absolute atomic E-state index is 0.0157. The van der Waals surface area contributed by atoms with E-state index < -0.39 is 6.36 Å². The van der Waals surface area contributed by atoms with E-state index in [1.165, 1.54) is 30.1 Å². The maximum atomic E-state index is 12.6. The van der Waals surface area contributed by atoms with Gasteiger partial charge in [-0.1, -0.05) is 30.3 Å². The molecule has 6 nitrogen and oxygen atoms in total. The summed E-state index contributed by atoms with van der Waals surface area (Å²) < 4.78 is 47.2. The number of para-hydroxylation sites is 3. The van der Waals surface area contributed by atoms with Crippen molar-refractivity contribution in [1.82, 2.24) is 4.90 Å². The molecule has 3 rings (SSSR count). The lowest BCUT2D eigenvalue weighted by Crippen LogP contribution is -2.38. The predicted molar refractivity (Wildman–Crippen MR) is 103 cm³/mol. The summed E-state index contributed by atoms with van der Waals surface area (Å²) in [4.78, 5) is 27.9. The third-order valence-electron chi connectivity index (χ3n) is 4.61. The molecule has 30 heavy (non-hydrogen) atoms. The maximum absolute atomic E-state index is 12.6. The van der Waals surface area contributed by atoms with Gasteiger partial charge in [-0.2, -0.15) is 0 Å². The first-order valence-corrected chi connectivity index (χ1v) is 9.34. The van der Waals surface area contributed by atoms with Crippen molar-refractivity contribution < 1.29 is 32.2 Å². The van der Waals surface area contributed by atoms with Crippen LogP contribution in [0.5, 0.6) is 11.5 Å². The number of hydrogen-bond acceptors (Lipinski definition) is 4. The van der Waals surface area contributed by atoms with Crippen LogP contribution in [-0.2, 0) is 16.1 Å². The first-order valence-electron chi connectivity index (χ1n) is 9.34. The Kier molecular flexibility index (Phi) is 6.49. The molecule has 1 aliphatic heterocycles. The van der Waals surface area contributed by atoms with Crippen LogP contribution < -0.4 is 14.4 Å². The zero-order valence-electron chi connectivity index (χ0n) is 16.3. The highest BCUT2D eigenvalue weighted by Gasteiger charge is 2.32. The minimum atomic E-state index is -4.82. The summed E-state index contributed by atoms with van der Waals surface area (Å²) in [5, 5.41) is 0. The zero-order chi connectivity index (χ0) is 21.7. The molecule has 160 valence electrons. The van der Waals surface area contributed by atoms with Crippen LogP contribution in [0.15, 0.2) is 48.5 Å². The van der Waals surface area contributed by atoms with Crippen LogP contribution >= 0.6 is 0 Å². The molecule has 1 aliphatic rings. The highest BCUT2D eigenvalue weighted by molar-refractivity contribution is 5.97. The van der Waals surface area contributed by atoms with Crippen molar-refractivity contribution in [3.8, 4) is 11.5 Å². The summed E-state index contributed by atoms with van der Waals surface area (Å²) in [5.74, 6) is -0.313. The molecule has 0 atom stereocenters. The first-order chi connectivity index (χ1) is 14.2. The number of ether oxygens (including phenoxy) is 2. The number of anilines is 1. The molecular weight excluding hydrogens is 401 g/mol. The summed E-state index contributed by atoms with van der Waals surface area (Å²) in [7, 11) is 1.47. The van der Waals surface area contributed by atoms with Crippen LogP contribution in [0.2, 0.25) is 0 Å². The highest BCUT2D eigenvalue weighted by Crippen LogP contribution is 2.31. The molecule has 1 heterocycles. The van der Waals surface area contributed by atoms with E-state index in [1.54, 1.807) is 29.2 Å². The second-order valence-electron chi connectivity index (χ2n) is 6.77. The van der Waals surface area contributed by atoms with E-state index in [2.05, 4.69) is 4.74 Å². The molecule has 0 fully saturated rings. The molecule has 2 aromatic carbocycles. The van der Waals surface area contributed by atoms with E-state index in [0.717, 1.165) is 0 Å². The van der Waals surface area contributed by atoms with Crippen molar-refractivity contribution >= 4 is 17.5 Å². The smallest absolute Gasteiger partial charge is 0.490 e. The number of carbonyl (C=O) groups excluding carboxylic acids is 2. The van der Waals surface area contributed by atoms with Gasteiger partial charge in [-0.05, 0) is 18.2 Å². The number of fused-ring (bicyclic) bond motifs is 1. The standard InChI is InChI=1S/C21H21F3N2O4/c1-25(14-15-6-2-4-8-17(15)30-21(22,23)24)19(27)10-11-20(28)26-12-13-29-18-9-5-3-7-16(18)26/h2-9H,10-14H2,1H3. The molecule has 9 heteroatoms. The summed E-state index contributed by atoms with van der Waals surface area (Å²) in [6.45, 7) is 0.689. The topological polar surface area (TPSA) is 59.1 Å². The van der Waals surface area contributed by atoms with Gasteiger partial charge in [0.1, 0.15) is 18.1 Å². The Labute approximate surface area is 171 Å². The first kappa shape index (κ1) is 21.5. The summed E-state index contributed by atoms with van der Waals surface area (Å²) >= 11 is 0. The van der Waals surface area contributed by atoms with Crippen LogP contribution in [0.4, 0.5) is 18.9 Å². The summed E-state index contributed by atoms with van der Waals surface area (Å²) in [6.07, 6.45) is -4.89. The van der Waals surface area contributed by atoms with Crippen LogP contribution in [0.3, 0.4) is 0 Å². The third kappa shape index (κ3) is 5.43. The van der Waals surface area contributed by atoms with Crippen LogP contribution in [-0.4, -0.2) is 43.3 Å². The molecule has 2 amide bonds. The maximum Gasteiger partial charge on any atom is 0.573 e. The second kappa shape index (κ2) is 9.06. The van der Waals surface area contributed by atoms with Gasteiger partial charge >= 0.3 is 6.36 Å². The fraction of sp³-hybridized carbons (Fsp3) is 0.333. The molecule has 0 saturated heterocycles. The van der Waals surface area contributed by atoms with Crippen molar-refractivity contribution in [2.45, 2.75) is 25.7 Å². The summed E-state index contributed by atoms with van der Waals surface area (Å²) in [5.41, 5.74) is 0.881. The fourth-order valence-corrected chi connectivity index (χ4v) is 3.17. The Morgan fingerprint density at radius 3 is 2.57 bits per heavy atom. The molecule has 0 saturated carbocycles. The molecule has 0 N–H and O–H groups in total. The van der Waals surface area contributed by atoms with Crippen molar-refractivity contribution in [1.29, 1.82) is 0 Å². The zero-order valence-corrected chi connectivity index (χ0v) is 16.3. The van der Waals surface area contributed by atoms with Gasteiger partial charge in [0, 0.05) is 32.0 Å². The average Bonchev–Trinajstić information content (AvgIpc) is 2.71. The van der Waals surface area contributed by atoms with E-state index in [9.17, 15) is 22.8 Å². The fourth-order valence-electron chi connectivity index (χ4n) is 3.17. The van der Waals surface area contributed by atoms with Crippen molar-refractivity contribution in [3.63, 3.8) is 0 Å². The van der Waals surface area contributed by atoms with Crippen LogP contribution in [0.25, 0.3) is 0 Å². The molecular formula is C21H21F3N2O4. The monoisotopic (exact) mass is 422 g/mol. The lowest BCUT2D eigenvalue weighted by atomic mass is 10.1. The molecule has 0 aromatic heterocycles. The van der Waals surface area contributed by atoms with Crippen molar-refractivity contribution in [2.75, 3.05) is 25.1 Å². The Balaban J connectivity index is 1.58. The van der Waals surface area contributed by atoms with Gasteiger partial charge in [0.25, 0.3) is 0 Å². The van der Waals surface area contributed by atoms with Crippen LogP contribution in [0.1, 0.15) is 18.4 Å². The predicted octanol–water partition coefficient (Wildman–Crippen LogP) is 3.75. The molecule has 0 aliphatic carbocycles. The van der Waals surface area contributed by atoms with Crippen molar-refractivity contribution in [3.05, 3.63) is 54.1 Å². The quantitative estimate of drug-likeness (QED) is 0.712. The minimum Gasteiger partial charge on any atom is -0.490 e. The molecule has 0 bridgehead atoms. The normalized spacial score (nSPS) is 13.3. The largest absolute Gasteiger partial charge is 0.573 e. The molecule has 2 aromatic rings. The Morgan fingerprint density at radius 2 is 1.80 bits per heavy atom. The van der Waals surface area contributed by atoms with Crippen LogP contribution in [0, 0.1) is 0 Å². The summed E-state index contributed by atoms with van der Waals surface area (Å²) in [6, 6.07) is 12.8. The number of carbonyl (C=O) groups is 2. The molecule has 0 unspecified atom stereocenters. The van der Waals surface area contributed by atoms with E-state index in [0.29, 0.717) is 24.6 Å². The number of halogens is 3. The number of rotatable bonds is 6. The van der Waals surface area contributed by atoms with Crippen molar-refractivity contribution in [2.24, 2.45) is 0 Å². The average molecular weight is 422 g/mol. The third-order valence-corrected chi connectivity index (χ3v) is 4.61. The number of nitrogens with zero attached hydrogens (tertiary/aromatic N) is 2. The SMILES string of the molecule is CN(Cc1ccccc1OC(F)(F)F)C(=O)CCC(=O)N1CCOc2ccccc21. The Hall–Kier alpha value is -3.23. The van der Waals surface area contributed by atoms with E-state index in [-0.39, 0.29) is 42.5 Å². The highest BCUT2D eigenvalue weighted by atomic mass is 19.4. The molecule has 0 radical (unpaired) electrons. The number of benzene rings is 2. The van der Waals surface area contributed by atoms with E-state index in [1.807, 2.05) is 6.07 Å². The number of alkyl halides is 3. The van der Waals surface area contributed by atoms with Gasteiger partial charge in [0.15, 0.2) is 0 Å². The van der Waals surface area contributed by atoms with E-state index >= 15 is 0 Å². The number of amides is 2. The van der Waals surface area contributed by atoms with Gasteiger partial charge in [-0.15, -0.1) is 13.2 Å². The number of hydrogen-bond donors (Lipinski definition) is 0. The van der Waals surface area contributed by atoms with E-state index in [4.69, 9.17) is 4.74 Å². The second-order valence-corrected chi connectivity index (χ2v) is 6.77.